The van der Waals surface area contributed by atoms with E-state index in [-0.39, 0.29) is 36.8 Å². The van der Waals surface area contributed by atoms with E-state index >= 15 is 0 Å². The van der Waals surface area contributed by atoms with E-state index < -0.39 is 18.1 Å². The van der Waals surface area contributed by atoms with Gasteiger partial charge in [0.05, 0.1) is 16.8 Å². The second-order valence-electron chi connectivity index (χ2n) is 9.73. The third kappa shape index (κ3) is 5.39. The zero-order chi connectivity index (χ0) is 25.9. The smallest absolute Gasteiger partial charge is 0.410 e. The van der Waals surface area contributed by atoms with Gasteiger partial charge in [-0.2, -0.15) is 0 Å². The van der Waals surface area contributed by atoms with Crippen molar-refractivity contribution in [2.75, 3.05) is 31.1 Å². The number of fused-ring (bicyclic) bond motifs is 1. The van der Waals surface area contributed by atoms with E-state index in [2.05, 4.69) is 5.32 Å². The Morgan fingerprint density at radius 3 is 2.54 bits per heavy atom. The van der Waals surface area contributed by atoms with Crippen molar-refractivity contribution in [2.24, 2.45) is 0 Å². The van der Waals surface area contributed by atoms with Gasteiger partial charge in [-0.25, -0.2) is 9.18 Å². The van der Waals surface area contributed by atoms with Crippen molar-refractivity contribution in [1.82, 2.24) is 15.1 Å². The van der Waals surface area contributed by atoms with Crippen molar-refractivity contribution in [3.05, 3.63) is 65.0 Å². The second-order valence-corrected chi connectivity index (χ2v) is 9.73. The standard InChI is InChI=1S/C27H31FN4O5/c28-22-11-10-18(17-32-23-9-4-3-8-20(23)24(33)29-26(32)35)16-21(22)25(34)30-12-5-13-31(15-14-30)27(36)37-19-6-1-2-7-19/h3-4,8-11,16,19,26,35H,1-2,5-7,12-15,17H2,(H,29,33). The summed E-state index contributed by atoms with van der Waals surface area (Å²) in [4.78, 5) is 42.9. The minimum absolute atomic E-state index is 0.0240. The Labute approximate surface area is 214 Å². The van der Waals surface area contributed by atoms with Gasteiger partial charge in [-0.1, -0.05) is 18.2 Å². The zero-order valence-electron chi connectivity index (χ0n) is 20.6. The molecule has 0 bridgehead atoms. The van der Waals surface area contributed by atoms with Crippen LogP contribution in [0.4, 0.5) is 14.9 Å². The van der Waals surface area contributed by atoms with Gasteiger partial charge in [-0.3, -0.25) is 9.59 Å². The summed E-state index contributed by atoms with van der Waals surface area (Å²) >= 11 is 0. The number of aliphatic hydroxyl groups excluding tert-OH is 1. The maximum Gasteiger partial charge on any atom is 0.410 e. The Hall–Kier alpha value is -3.66. The van der Waals surface area contributed by atoms with Crippen LogP contribution in [0.15, 0.2) is 42.5 Å². The van der Waals surface area contributed by atoms with Crippen LogP contribution >= 0.6 is 0 Å². The number of nitrogens with one attached hydrogen (secondary N) is 1. The zero-order valence-corrected chi connectivity index (χ0v) is 20.6. The van der Waals surface area contributed by atoms with Gasteiger partial charge in [0.1, 0.15) is 11.9 Å². The molecule has 0 aromatic heterocycles. The van der Waals surface area contributed by atoms with Crippen LogP contribution in [0.25, 0.3) is 0 Å². The molecule has 2 N–H and O–H groups in total. The van der Waals surface area contributed by atoms with E-state index in [0.29, 0.717) is 42.9 Å². The van der Waals surface area contributed by atoms with E-state index in [9.17, 15) is 23.9 Å². The van der Waals surface area contributed by atoms with Crippen LogP contribution in [0.5, 0.6) is 0 Å². The first-order valence-corrected chi connectivity index (χ1v) is 12.8. The predicted octanol–water partition coefficient (Wildman–Crippen LogP) is 3.08. The predicted molar refractivity (Wildman–Crippen MR) is 133 cm³/mol. The lowest BCUT2D eigenvalue weighted by Gasteiger charge is -2.35. The van der Waals surface area contributed by atoms with Crippen molar-refractivity contribution in [3.63, 3.8) is 0 Å². The highest BCUT2D eigenvalue weighted by Crippen LogP contribution is 2.28. The van der Waals surface area contributed by atoms with Crippen LogP contribution in [0, 0.1) is 5.82 Å². The molecule has 5 rings (SSSR count). The summed E-state index contributed by atoms with van der Waals surface area (Å²) in [6, 6.07) is 11.2. The number of hydrogen-bond acceptors (Lipinski definition) is 6. The largest absolute Gasteiger partial charge is 0.446 e. The summed E-state index contributed by atoms with van der Waals surface area (Å²) in [7, 11) is 0. The molecule has 3 amide bonds. The number of aliphatic hydroxyl groups is 1. The van der Waals surface area contributed by atoms with E-state index in [4.69, 9.17) is 4.74 Å². The lowest BCUT2D eigenvalue weighted by Crippen LogP contribution is -2.52. The fourth-order valence-electron chi connectivity index (χ4n) is 5.22. The number of nitrogens with zero attached hydrogens (tertiary/aromatic N) is 3. The highest BCUT2D eigenvalue weighted by Gasteiger charge is 2.30. The van der Waals surface area contributed by atoms with Gasteiger partial charge in [0.15, 0.2) is 0 Å². The SMILES string of the molecule is O=C1NC(O)N(Cc2ccc(F)c(C(=O)N3CCCN(C(=O)OC4CCCC4)CC3)c2)c2ccccc21. The Balaban J connectivity index is 1.27. The Morgan fingerprint density at radius 1 is 1.00 bits per heavy atom. The quantitative estimate of drug-likeness (QED) is 0.656. The number of anilines is 1. The number of carbonyl (C=O) groups excluding carboxylic acids is 3. The molecular formula is C27H31FN4O5. The van der Waals surface area contributed by atoms with Gasteiger partial charge in [0.2, 0.25) is 6.35 Å². The minimum Gasteiger partial charge on any atom is -0.446 e. The molecule has 1 saturated carbocycles. The molecule has 1 atom stereocenters. The third-order valence-electron chi connectivity index (χ3n) is 7.24. The first-order chi connectivity index (χ1) is 17.9. The summed E-state index contributed by atoms with van der Waals surface area (Å²) in [5, 5.41) is 13.0. The molecule has 9 nitrogen and oxygen atoms in total. The van der Waals surface area contributed by atoms with Crippen LogP contribution in [0.1, 0.15) is 58.4 Å². The molecule has 1 unspecified atom stereocenters. The normalized spacial score (nSPS) is 20.3. The van der Waals surface area contributed by atoms with Crippen molar-refractivity contribution in [1.29, 1.82) is 0 Å². The molecule has 2 fully saturated rings. The Kier molecular flexibility index (Phi) is 7.27. The molecule has 1 aliphatic carbocycles. The van der Waals surface area contributed by atoms with Crippen LogP contribution < -0.4 is 10.2 Å². The summed E-state index contributed by atoms with van der Waals surface area (Å²) < 4.78 is 20.4. The Bertz CT molecular complexity index is 1190. The number of amides is 3. The monoisotopic (exact) mass is 510 g/mol. The maximum atomic E-state index is 14.8. The highest BCUT2D eigenvalue weighted by atomic mass is 19.1. The molecule has 2 aromatic carbocycles. The molecule has 2 aliphatic heterocycles. The summed E-state index contributed by atoms with van der Waals surface area (Å²) in [5.41, 5.74) is 1.51. The van der Waals surface area contributed by atoms with E-state index in [1.54, 1.807) is 45.0 Å². The van der Waals surface area contributed by atoms with E-state index in [1.807, 2.05) is 0 Å². The molecule has 37 heavy (non-hydrogen) atoms. The van der Waals surface area contributed by atoms with Crippen molar-refractivity contribution < 1.29 is 28.6 Å². The maximum absolute atomic E-state index is 14.8. The molecule has 10 heteroatoms. The average Bonchev–Trinajstić information content (AvgIpc) is 3.28. The second kappa shape index (κ2) is 10.8. The number of carbonyl (C=O) groups is 3. The number of ether oxygens (including phenoxy) is 1. The first-order valence-electron chi connectivity index (χ1n) is 12.8. The van der Waals surface area contributed by atoms with Crippen LogP contribution in [0.3, 0.4) is 0 Å². The molecular weight excluding hydrogens is 479 g/mol. The van der Waals surface area contributed by atoms with Crippen LogP contribution in [-0.4, -0.2) is 71.4 Å². The lowest BCUT2D eigenvalue weighted by molar-refractivity contribution is 0.0640. The molecule has 3 aliphatic rings. The fourth-order valence-corrected chi connectivity index (χ4v) is 5.22. The molecule has 196 valence electrons. The minimum atomic E-state index is -1.26. The highest BCUT2D eigenvalue weighted by molar-refractivity contribution is 6.01. The number of halogens is 1. The molecule has 2 heterocycles. The Morgan fingerprint density at radius 2 is 1.73 bits per heavy atom. The summed E-state index contributed by atoms with van der Waals surface area (Å²) in [6.45, 7) is 1.65. The average molecular weight is 511 g/mol. The van der Waals surface area contributed by atoms with Gasteiger partial charge >= 0.3 is 6.09 Å². The van der Waals surface area contributed by atoms with Crippen molar-refractivity contribution in [2.45, 2.75) is 51.1 Å². The van der Waals surface area contributed by atoms with Gasteiger partial charge in [0.25, 0.3) is 11.8 Å². The van der Waals surface area contributed by atoms with Gasteiger partial charge in [0, 0.05) is 32.7 Å². The van der Waals surface area contributed by atoms with Crippen molar-refractivity contribution >= 4 is 23.6 Å². The number of benzene rings is 2. The fraction of sp³-hybridized carbons (Fsp3) is 0.444. The van der Waals surface area contributed by atoms with Gasteiger partial charge in [-0.15, -0.1) is 0 Å². The van der Waals surface area contributed by atoms with Crippen LogP contribution in [-0.2, 0) is 11.3 Å². The van der Waals surface area contributed by atoms with Crippen LogP contribution in [0.2, 0.25) is 0 Å². The number of para-hydroxylation sites is 1. The molecule has 2 aromatic rings. The van der Waals surface area contributed by atoms with E-state index in [1.165, 1.54) is 12.1 Å². The molecule has 0 spiro atoms. The third-order valence-corrected chi connectivity index (χ3v) is 7.24. The number of rotatable bonds is 4. The number of hydrogen-bond donors (Lipinski definition) is 2. The summed E-state index contributed by atoms with van der Waals surface area (Å²) in [5.74, 6) is -1.46. The summed E-state index contributed by atoms with van der Waals surface area (Å²) in [6.07, 6.45) is 2.88. The van der Waals surface area contributed by atoms with Gasteiger partial charge in [-0.05, 0) is 61.9 Å². The topological polar surface area (TPSA) is 102 Å². The molecule has 0 radical (unpaired) electrons. The first kappa shape index (κ1) is 25.0. The van der Waals surface area contributed by atoms with Crippen molar-refractivity contribution in [3.8, 4) is 0 Å². The van der Waals surface area contributed by atoms with E-state index in [0.717, 1.165) is 25.7 Å². The van der Waals surface area contributed by atoms with Gasteiger partial charge < -0.3 is 29.9 Å². The lowest BCUT2D eigenvalue weighted by atomic mass is 10.1. The molecule has 1 saturated heterocycles.